The van der Waals surface area contributed by atoms with E-state index in [-0.39, 0.29) is 23.6 Å². The zero-order chi connectivity index (χ0) is 12.0. The molecule has 0 aliphatic carbocycles. The van der Waals surface area contributed by atoms with Crippen LogP contribution in [0.25, 0.3) is 0 Å². The number of carbonyl (C=O) groups excluding carboxylic acids is 2. The number of rotatable bonds is 7. The molecule has 1 saturated heterocycles. The zero-order valence-corrected chi connectivity index (χ0v) is 11.2. The summed E-state index contributed by atoms with van der Waals surface area (Å²) in [4.78, 5) is 22.2. The molecule has 0 aromatic rings. The SMILES string of the molecule is COC(OC)[SiH2]CCCC1CC(=O)NC1=O. The fourth-order valence-electron chi connectivity index (χ4n) is 1.87. The van der Waals surface area contributed by atoms with E-state index < -0.39 is 9.52 Å². The number of hydrogen-bond donors (Lipinski definition) is 1. The lowest BCUT2D eigenvalue weighted by Gasteiger charge is -2.12. The van der Waals surface area contributed by atoms with E-state index in [1.165, 1.54) is 0 Å². The van der Waals surface area contributed by atoms with Crippen LogP contribution in [0, 0.1) is 5.92 Å². The van der Waals surface area contributed by atoms with Crippen LogP contribution in [0.2, 0.25) is 6.04 Å². The molecule has 1 aliphatic heterocycles. The molecule has 2 amide bonds. The van der Waals surface area contributed by atoms with Gasteiger partial charge in [0.2, 0.25) is 11.8 Å². The summed E-state index contributed by atoms with van der Waals surface area (Å²) in [6.07, 6.45) is 2.13. The van der Waals surface area contributed by atoms with Crippen molar-refractivity contribution in [3.63, 3.8) is 0 Å². The molecular formula is C10H19NO4Si. The molecule has 6 heteroatoms. The number of imide groups is 1. The van der Waals surface area contributed by atoms with E-state index in [1.54, 1.807) is 14.2 Å². The van der Waals surface area contributed by atoms with Crippen LogP contribution in [0.15, 0.2) is 0 Å². The normalized spacial score (nSPS) is 21.3. The van der Waals surface area contributed by atoms with Gasteiger partial charge in [-0.25, -0.2) is 0 Å². The Hall–Kier alpha value is -0.723. The highest BCUT2D eigenvalue weighted by molar-refractivity contribution is 6.36. The van der Waals surface area contributed by atoms with Crippen LogP contribution in [-0.2, 0) is 19.1 Å². The molecule has 16 heavy (non-hydrogen) atoms. The Morgan fingerprint density at radius 2 is 2.12 bits per heavy atom. The standard InChI is InChI=1S/C10H19NO4Si/c1-14-10(15-2)16-5-3-4-7-6-8(12)11-9(7)13/h7,10H,3-6,16H2,1-2H3,(H,11,12,13). The molecule has 0 radical (unpaired) electrons. The summed E-state index contributed by atoms with van der Waals surface area (Å²) in [6.45, 7) is 0. The lowest BCUT2D eigenvalue weighted by molar-refractivity contribution is -0.125. The Kier molecular flexibility index (Phi) is 5.65. The van der Waals surface area contributed by atoms with Crippen molar-refractivity contribution in [3.8, 4) is 0 Å². The molecule has 0 aromatic heterocycles. The lowest BCUT2D eigenvalue weighted by Crippen LogP contribution is -2.23. The van der Waals surface area contributed by atoms with Crippen molar-refractivity contribution in [1.29, 1.82) is 0 Å². The number of nitrogens with one attached hydrogen (secondary N) is 1. The third-order valence-corrected chi connectivity index (χ3v) is 4.88. The molecule has 1 rings (SSSR count). The molecule has 1 fully saturated rings. The van der Waals surface area contributed by atoms with E-state index in [0.29, 0.717) is 6.42 Å². The fraction of sp³-hybridized carbons (Fsp3) is 0.800. The molecule has 1 unspecified atom stereocenters. The van der Waals surface area contributed by atoms with Gasteiger partial charge in [-0.2, -0.15) is 0 Å². The average Bonchev–Trinajstić information content (AvgIpc) is 2.58. The first kappa shape index (κ1) is 13.3. The van der Waals surface area contributed by atoms with Gasteiger partial charge in [0.1, 0.15) is 5.91 Å². The molecule has 1 N–H and O–H groups in total. The lowest BCUT2D eigenvalue weighted by atomic mass is 10.0. The summed E-state index contributed by atoms with van der Waals surface area (Å²) >= 11 is 0. The van der Waals surface area contributed by atoms with Gasteiger partial charge in [-0.15, -0.1) is 0 Å². The second-order valence-electron chi connectivity index (χ2n) is 4.00. The van der Waals surface area contributed by atoms with Gasteiger partial charge < -0.3 is 9.47 Å². The highest BCUT2D eigenvalue weighted by Gasteiger charge is 2.29. The van der Waals surface area contributed by atoms with Gasteiger partial charge in [-0.1, -0.05) is 12.5 Å². The maximum absolute atomic E-state index is 11.3. The highest BCUT2D eigenvalue weighted by atomic mass is 28.2. The monoisotopic (exact) mass is 245 g/mol. The van der Waals surface area contributed by atoms with Gasteiger partial charge in [0.15, 0.2) is 0 Å². The summed E-state index contributed by atoms with van der Waals surface area (Å²) in [7, 11) is 2.88. The quantitative estimate of drug-likeness (QED) is 0.287. The molecular weight excluding hydrogens is 226 g/mol. The molecule has 92 valence electrons. The first-order chi connectivity index (χ1) is 7.67. The minimum atomic E-state index is -0.404. The van der Waals surface area contributed by atoms with Gasteiger partial charge in [-0.3, -0.25) is 14.9 Å². The average molecular weight is 245 g/mol. The minimum Gasteiger partial charge on any atom is -0.360 e. The summed E-state index contributed by atoms with van der Waals surface area (Å²) in [5, 5.41) is 2.32. The van der Waals surface area contributed by atoms with Crippen molar-refractivity contribution in [2.24, 2.45) is 5.92 Å². The highest BCUT2D eigenvalue weighted by Crippen LogP contribution is 2.18. The molecule has 5 nitrogen and oxygen atoms in total. The summed E-state index contributed by atoms with van der Waals surface area (Å²) < 4.78 is 10.2. The van der Waals surface area contributed by atoms with Crippen molar-refractivity contribution in [1.82, 2.24) is 5.32 Å². The molecule has 0 aromatic carbocycles. The Balaban J connectivity index is 2.11. The van der Waals surface area contributed by atoms with E-state index in [0.717, 1.165) is 18.9 Å². The molecule has 1 atom stereocenters. The van der Waals surface area contributed by atoms with Crippen LogP contribution in [0.3, 0.4) is 0 Å². The van der Waals surface area contributed by atoms with E-state index in [2.05, 4.69) is 5.32 Å². The number of methoxy groups -OCH3 is 2. The number of ether oxygens (including phenoxy) is 2. The van der Waals surface area contributed by atoms with E-state index in [4.69, 9.17) is 9.47 Å². The minimum absolute atomic E-state index is 0.0287. The van der Waals surface area contributed by atoms with Gasteiger partial charge >= 0.3 is 0 Å². The Labute approximate surface area is 97.7 Å². The van der Waals surface area contributed by atoms with Crippen molar-refractivity contribution in [2.75, 3.05) is 14.2 Å². The second kappa shape index (κ2) is 6.77. The topological polar surface area (TPSA) is 64.6 Å². The zero-order valence-electron chi connectivity index (χ0n) is 9.82. The van der Waals surface area contributed by atoms with Crippen LogP contribution >= 0.6 is 0 Å². The predicted molar refractivity (Wildman–Crippen MR) is 61.6 cm³/mol. The second-order valence-corrected chi connectivity index (χ2v) is 5.95. The molecule has 1 aliphatic rings. The van der Waals surface area contributed by atoms with E-state index in [9.17, 15) is 9.59 Å². The van der Waals surface area contributed by atoms with E-state index in [1.807, 2.05) is 0 Å². The van der Waals surface area contributed by atoms with Crippen molar-refractivity contribution >= 4 is 21.3 Å². The van der Waals surface area contributed by atoms with Crippen molar-refractivity contribution in [2.45, 2.75) is 31.2 Å². The third kappa shape index (κ3) is 4.03. The summed E-state index contributed by atoms with van der Waals surface area (Å²) in [6, 6.07) is 1.07. The van der Waals surface area contributed by atoms with Crippen molar-refractivity contribution < 1.29 is 19.1 Å². The summed E-state index contributed by atoms with van der Waals surface area (Å²) in [5.41, 5.74) is 0. The Bertz CT molecular complexity index is 255. The predicted octanol–water partition coefficient (Wildman–Crippen LogP) is -0.407. The van der Waals surface area contributed by atoms with Crippen LogP contribution in [-0.4, -0.2) is 41.5 Å². The van der Waals surface area contributed by atoms with E-state index >= 15 is 0 Å². The van der Waals surface area contributed by atoms with Crippen LogP contribution in [0.4, 0.5) is 0 Å². The number of carbonyl (C=O) groups is 2. The molecule has 0 spiro atoms. The van der Waals surface area contributed by atoms with Crippen LogP contribution < -0.4 is 5.32 Å². The smallest absolute Gasteiger partial charge is 0.230 e. The number of amides is 2. The largest absolute Gasteiger partial charge is 0.360 e. The molecule has 0 saturated carbocycles. The van der Waals surface area contributed by atoms with Crippen LogP contribution in [0.5, 0.6) is 0 Å². The summed E-state index contributed by atoms with van der Waals surface area (Å²) in [5.74, 6) is -0.385. The fourth-order valence-corrected chi connectivity index (χ4v) is 3.26. The van der Waals surface area contributed by atoms with Crippen molar-refractivity contribution in [3.05, 3.63) is 0 Å². The first-order valence-electron chi connectivity index (χ1n) is 5.56. The first-order valence-corrected chi connectivity index (χ1v) is 7.38. The Morgan fingerprint density at radius 1 is 1.44 bits per heavy atom. The maximum atomic E-state index is 11.3. The molecule has 0 bridgehead atoms. The van der Waals surface area contributed by atoms with Gasteiger partial charge in [0.25, 0.3) is 0 Å². The third-order valence-electron chi connectivity index (χ3n) is 2.83. The maximum Gasteiger partial charge on any atom is 0.230 e. The Morgan fingerprint density at radius 3 is 2.62 bits per heavy atom. The van der Waals surface area contributed by atoms with Gasteiger partial charge in [-0.05, 0) is 6.42 Å². The number of hydrogen-bond acceptors (Lipinski definition) is 4. The van der Waals surface area contributed by atoms with Gasteiger partial charge in [0.05, 0.1) is 9.52 Å². The molecule has 1 heterocycles. The van der Waals surface area contributed by atoms with Gasteiger partial charge in [0, 0.05) is 26.6 Å². The van der Waals surface area contributed by atoms with Crippen LogP contribution in [0.1, 0.15) is 19.3 Å².